The van der Waals surface area contributed by atoms with E-state index in [4.69, 9.17) is 11.6 Å². The van der Waals surface area contributed by atoms with Gasteiger partial charge < -0.3 is 0 Å². The SMILES string of the molecule is CC#CCCn1cnc(Cl)c(I)c1=O. The van der Waals surface area contributed by atoms with Gasteiger partial charge >= 0.3 is 0 Å². The van der Waals surface area contributed by atoms with E-state index < -0.39 is 0 Å². The van der Waals surface area contributed by atoms with Gasteiger partial charge in [-0.1, -0.05) is 11.6 Å². The molecule has 0 unspecified atom stereocenters. The fourth-order valence-electron chi connectivity index (χ4n) is 0.904. The molecular formula is C9H8ClIN2O. The number of nitrogens with zero attached hydrogens (tertiary/aromatic N) is 2. The Labute approximate surface area is 101 Å². The molecule has 5 heteroatoms. The Balaban J connectivity index is 2.93. The van der Waals surface area contributed by atoms with Gasteiger partial charge in [-0.2, -0.15) is 0 Å². The molecule has 1 aromatic heterocycles. The van der Waals surface area contributed by atoms with Crippen molar-refractivity contribution < 1.29 is 0 Å². The van der Waals surface area contributed by atoms with Crippen LogP contribution in [0.3, 0.4) is 0 Å². The molecule has 0 saturated carbocycles. The van der Waals surface area contributed by atoms with E-state index in [2.05, 4.69) is 16.8 Å². The van der Waals surface area contributed by atoms with Gasteiger partial charge in [0.25, 0.3) is 5.56 Å². The summed E-state index contributed by atoms with van der Waals surface area (Å²) in [5.74, 6) is 5.65. The Morgan fingerprint density at radius 2 is 2.43 bits per heavy atom. The molecule has 0 amide bonds. The highest BCUT2D eigenvalue weighted by molar-refractivity contribution is 14.1. The molecule has 0 aliphatic heterocycles. The van der Waals surface area contributed by atoms with E-state index in [1.807, 2.05) is 22.6 Å². The second-order valence-corrected chi connectivity index (χ2v) is 3.96. The van der Waals surface area contributed by atoms with Crippen LogP contribution in [0, 0.1) is 15.4 Å². The first-order chi connectivity index (χ1) is 6.66. The first-order valence-electron chi connectivity index (χ1n) is 3.97. The Morgan fingerprint density at radius 1 is 1.71 bits per heavy atom. The molecule has 0 radical (unpaired) electrons. The average molecular weight is 323 g/mol. The van der Waals surface area contributed by atoms with Crippen LogP contribution in [-0.4, -0.2) is 9.55 Å². The fraction of sp³-hybridized carbons (Fsp3) is 0.333. The highest BCUT2D eigenvalue weighted by Gasteiger charge is 2.05. The fourth-order valence-corrected chi connectivity index (χ4v) is 1.48. The van der Waals surface area contributed by atoms with Gasteiger partial charge in [0.05, 0.1) is 6.33 Å². The third-order valence-corrected chi connectivity index (χ3v) is 3.17. The molecule has 0 bridgehead atoms. The summed E-state index contributed by atoms with van der Waals surface area (Å²) < 4.78 is 1.97. The lowest BCUT2D eigenvalue weighted by Crippen LogP contribution is -2.23. The Bertz CT molecular complexity index is 444. The quantitative estimate of drug-likeness (QED) is 0.474. The standard InChI is InChI=1S/C9H8ClIN2O/c1-2-3-4-5-13-6-12-8(10)7(11)9(13)14/h6H,4-5H2,1H3. The summed E-state index contributed by atoms with van der Waals surface area (Å²) in [5.41, 5.74) is -0.108. The highest BCUT2D eigenvalue weighted by atomic mass is 127. The number of aromatic nitrogens is 2. The summed E-state index contributed by atoms with van der Waals surface area (Å²) >= 11 is 7.58. The number of aryl methyl sites for hydroxylation is 1. The maximum absolute atomic E-state index is 11.6. The van der Waals surface area contributed by atoms with Crippen LogP contribution in [0.25, 0.3) is 0 Å². The average Bonchev–Trinajstić information content (AvgIpc) is 2.18. The number of hydrogen-bond acceptors (Lipinski definition) is 2. The minimum absolute atomic E-state index is 0.108. The third kappa shape index (κ3) is 2.72. The van der Waals surface area contributed by atoms with Crippen LogP contribution >= 0.6 is 34.2 Å². The van der Waals surface area contributed by atoms with Crippen molar-refractivity contribution in [1.82, 2.24) is 9.55 Å². The topological polar surface area (TPSA) is 34.9 Å². The molecule has 0 spiro atoms. The summed E-state index contributed by atoms with van der Waals surface area (Å²) in [6, 6.07) is 0. The molecule has 0 aliphatic carbocycles. The second kappa shape index (κ2) is 5.37. The molecule has 0 aromatic carbocycles. The summed E-state index contributed by atoms with van der Waals surface area (Å²) in [6.45, 7) is 2.33. The molecule has 1 rings (SSSR count). The maximum Gasteiger partial charge on any atom is 0.268 e. The van der Waals surface area contributed by atoms with Crippen molar-refractivity contribution in [2.24, 2.45) is 0 Å². The molecule has 1 heterocycles. The summed E-state index contributed by atoms with van der Waals surface area (Å²) in [6.07, 6.45) is 2.10. The van der Waals surface area contributed by atoms with Gasteiger partial charge in [0.1, 0.15) is 8.72 Å². The predicted octanol–water partition coefficient (Wildman–Crippen LogP) is 1.91. The van der Waals surface area contributed by atoms with Crippen LogP contribution in [0.15, 0.2) is 11.1 Å². The molecule has 0 atom stereocenters. The Morgan fingerprint density at radius 3 is 3.07 bits per heavy atom. The van der Waals surface area contributed by atoms with E-state index in [0.717, 1.165) is 0 Å². The zero-order valence-corrected chi connectivity index (χ0v) is 10.5. The summed E-state index contributed by atoms with van der Waals surface area (Å²) in [7, 11) is 0. The lowest BCUT2D eigenvalue weighted by Gasteiger charge is -2.02. The van der Waals surface area contributed by atoms with Gasteiger partial charge in [-0.15, -0.1) is 11.8 Å². The number of halogens is 2. The molecule has 0 saturated heterocycles. The summed E-state index contributed by atoms with van der Waals surface area (Å²) in [5, 5.41) is 0.258. The minimum Gasteiger partial charge on any atom is -0.297 e. The largest absolute Gasteiger partial charge is 0.297 e. The first kappa shape index (κ1) is 11.5. The van der Waals surface area contributed by atoms with Crippen LogP contribution in [0.2, 0.25) is 5.15 Å². The van der Waals surface area contributed by atoms with Crippen LogP contribution in [0.1, 0.15) is 13.3 Å². The zero-order valence-electron chi connectivity index (χ0n) is 7.55. The first-order valence-corrected chi connectivity index (χ1v) is 5.42. The molecule has 0 N–H and O–H groups in total. The van der Waals surface area contributed by atoms with Gasteiger partial charge in [-0.05, 0) is 29.5 Å². The van der Waals surface area contributed by atoms with Crippen LogP contribution in [0.5, 0.6) is 0 Å². The van der Waals surface area contributed by atoms with E-state index in [1.165, 1.54) is 10.9 Å². The molecular weight excluding hydrogens is 314 g/mol. The Hall–Kier alpha value is -0.540. The highest BCUT2D eigenvalue weighted by Crippen LogP contribution is 2.09. The van der Waals surface area contributed by atoms with Crippen LogP contribution in [0.4, 0.5) is 0 Å². The van der Waals surface area contributed by atoms with Crippen molar-refractivity contribution in [3.05, 3.63) is 25.4 Å². The zero-order chi connectivity index (χ0) is 10.6. The third-order valence-electron chi connectivity index (χ3n) is 1.59. The van der Waals surface area contributed by atoms with E-state index in [0.29, 0.717) is 16.5 Å². The van der Waals surface area contributed by atoms with Gasteiger partial charge in [-0.3, -0.25) is 9.36 Å². The predicted molar refractivity (Wildman–Crippen MR) is 64.3 cm³/mol. The molecule has 74 valence electrons. The lowest BCUT2D eigenvalue weighted by atomic mass is 10.4. The van der Waals surface area contributed by atoms with E-state index in [1.54, 1.807) is 6.92 Å². The van der Waals surface area contributed by atoms with Gasteiger partial charge in [0, 0.05) is 13.0 Å². The van der Waals surface area contributed by atoms with E-state index in [9.17, 15) is 4.79 Å². The smallest absolute Gasteiger partial charge is 0.268 e. The van der Waals surface area contributed by atoms with Crippen molar-refractivity contribution in [3.63, 3.8) is 0 Å². The van der Waals surface area contributed by atoms with Crippen molar-refractivity contribution in [1.29, 1.82) is 0 Å². The van der Waals surface area contributed by atoms with Gasteiger partial charge in [-0.25, -0.2) is 4.98 Å². The monoisotopic (exact) mass is 322 g/mol. The van der Waals surface area contributed by atoms with E-state index >= 15 is 0 Å². The normalized spacial score (nSPS) is 9.36. The molecule has 0 aliphatic rings. The van der Waals surface area contributed by atoms with Crippen molar-refractivity contribution in [2.45, 2.75) is 19.9 Å². The molecule has 14 heavy (non-hydrogen) atoms. The summed E-state index contributed by atoms with van der Waals surface area (Å²) in [4.78, 5) is 15.5. The van der Waals surface area contributed by atoms with E-state index in [-0.39, 0.29) is 10.7 Å². The maximum atomic E-state index is 11.6. The number of hydrogen-bond donors (Lipinski definition) is 0. The molecule has 1 aromatic rings. The van der Waals surface area contributed by atoms with Gasteiger partial charge in [0.2, 0.25) is 0 Å². The van der Waals surface area contributed by atoms with Gasteiger partial charge in [0.15, 0.2) is 0 Å². The lowest BCUT2D eigenvalue weighted by molar-refractivity contribution is 0.668. The van der Waals surface area contributed by atoms with Crippen molar-refractivity contribution in [3.8, 4) is 11.8 Å². The minimum atomic E-state index is -0.108. The number of rotatable bonds is 2. The Kier molecular flexibility index (Phi) is 4.42. The molecule has 0 fully saturated rings. The van der Waals surface area contributed by atoms with Crippen molar-refractivity contribution >= 4 is 34.2 Å². The van der Waals surface area contributed by atoms with Crippen LogP contribution in [-0.2, 0) is 6.54 Å². The second-order valence-electron chi connectivity index (χ2n) is 2.52. The van der Waals surface area contributed by atoms with Crippen molar-refractivity contribution in [2.75, 3.05) is 0 Å². The molecule has 3 nitrogen and oxygen atoms in total. The van der Waals surface area contributed by atoms with Crippen LogP contribution < -0.4 is 5.56 Å².